The topological polar surface area (TPSA) is 0 Å². The maximum absolute atomic E-state index is 8.93. The van der Waals surface area contributed by atoms with Crippen LogP contribution in [0.5, 0.6) is 0 Å². The van der Waals surface area contributed by atoms with Crippen molar-refractivity contribution in [3.8, 4) is 0 Å². The van der Waals surface area contributed by atoms with Crippen molar-refractivity contribution in [1.82, 2.24) is 0 Å². The Bertz CT molecular complexity index is 292. The molecule has 2 aliphatic rings. The molecule has 0 unspecified atom stereocenters. The third kappa shape index (κ3) is 2.09. The van der Waals surface area contributed by atoms with Crippen LogP contribution in [0.15, 0.2) is 11.6 Å². The third-order valence-electron chi connectivity index (χ3n) is 4.32. The summed E-state index contributed by atoms with van der Waals surface area (Å²) in [6.45, 7) is 9.06. The van der Waals surface area contributed by atoms with Crippen molar-refractivity contribution in [2.24, 2.45) is 23.6 Å². The summed E-state index contributed by atoms with van der Waals surface area (Å²) in [5.41, 5.74) is 1.44. The predicted molar refractivity (Wildman–Crippen MR) is 66.5 cm³/mol. The second kappa shape index (κ2) is 4.23. The molecule has 0 bridgehead atoms. The SMILES string of the molecule is [2H][C@@]12C=C(C)CC[C@@H]1[C+](C)CC[C@H]2C(C)C. The summed E-state index contributed by atoms with van der Waals surface area (Å²) in [5.74, 6) is 3.00. The van der Waals surface area contributed by atoms with Crippen LogP contribution in [0.4, 0.5) is 0 Å². The molecule has 0 aromatic carbocycles. The van der Waals surface area contributed by atoms with Crippen molar-refractivity contribution in [3.05, 3.63) is 17.6 Å². The Balaban J connectivity index is 2.35. The highest BCUT2D eigenvalue weighted by molar-refractivity contribution is 5.16. The summed E-state index contributed by atoms with van der Waals surface area (Å²) in [5, 5.41) is 0. The van der Waals surface area contributed by atoms with Gasteiger partial charge in [0.1, 0.15) is 5.92 Å². The molecule has 1 fully saturated rings. The van der Waals surface area contributed by atoms with Gasteiger partial charge in [0.15, 0.2) is 0 Å². The van der Waals surface area contributed by atoms with E-state index in [9.17, 15) is 0 Å². The summed E-state index contributed by atoms with van der Waals surface area (Å²) >= 11 is 0. The Hall–Kier alpha value is -0.390. The first kappa shape index (κ1) is 9.81. The van der Waals surface area contributed by atoms with Gasteiger partial charge in [0, 0.05) is 7.26 Å². The lowest BCUT2D eigenvalue weighted by molar-refractivity contribution is 0.156. The average molecular weight is 206 g/mol. The fraction of sp³-hybridized carbons (Fsp3) is 0.800. The molecular formula is C15H25+. The molecule has 0 heterocycles. The molecule has 0 N–H and O–H groups in total. The lowest BCUT2D eigenvalue weighted by atomic mass is 9.60. The highest BCUT2D eigenvalue weighted by atomic mass is 14.4. The van der Waals surface area contributed by atoms with Gasteiger partial charge in [-0.15, -0.1) is 0 Å². The minimum Gasteiger partial charge on any atom is -0.0777 e. The van der Waals surface area contributed by atoms with E-state index in [1.165, 1.54) is 31.3 Å². The number of rotatable bonds is 1. The third-order valence-corrected chi connectivity index (χ3v) is 4.32. The van der Waals surface area contributed by atoms with Crippen LogP contribution in [0, 0.1) is 29.6 Å². The van der Waals surface area contributed by atoms with Crippen LogP contribution in [0.1, 0.15) is 54.7 Å². The van der Waals surface area contributed by atoms with Gasteiger partial charge in [-0.1, -0.05) is 25.5 Å². The summed E-state index contributed by atoms with van der Waals surface area (Å²) in [6.07, 6.45) is 7.16. The molecule has 15 heavy (non-hydrogen) atoms. The highest BCUT2D eigenvalue weighted by Crippen LogP contribution is 2.48. The normalized spacial score (nSPS) is 42.3. The van der Waals surface area contributed by atoms with E-state index in [4.69, 9.17) is 1.37 Å². The van der Waals surface area contributed by atoms with Crippen LogP contribution < -0.4 is 0 Å². The van der Waals surface area contributed by atoms with Gasteiger partial charge in [-0.25, -0.2) is 0 Å². The largest absolute Gasteiger partial charge is 0.107 e. The van der Waals surface area contributed by atoms with Gasteiger partial charge in [-0.3, -0.25) is 0 Å². The number of hydrogen-bond donors (Lipinski definition) is 0. The second-order valence-corrected chi connectivity index (χ2v) is 5.82. The summed E-state index contributed by atoms with van der Waals surface area (Å²) in [4.78, 5) is 0. The Labute approximate surface area is 96.6 Å². The molecule has 0 spiro atoms. The van der Waals surface area contributed by atoms with Crippen LogP contribution in [0.3, 0.4) is 0 Å². The van der Waals surface area contributed by atoms with Crippen molar-refractivity contribution in [2.45, 2.75) is 53.4 Å². The maximum Gasteiger partial charge on any atom is 0.107 e. The summed E-state index contributed by atoms with van der Waals surface area (Å²) < 4.78 is 8.93. The van der Waals surface area contributed by atoms with E-state index >= 15 is 0 Å². The van der Waals surface area contributed by atoms with Gasteiger partial charge in [0.05, 0.1) is 19.3 Å². The van der Waals surface area contributed by atoms with E-state index in [-0.39, 0.29) is 5.89 Å². The summed E-state index contributed by atoms with van der Waals surface area (Å²) in [6, 6.07) is 0. The van der Waals surface area contributed by atoms with Crippen LogP contribution in [-0.2, 0) is 0 Å². The van der Waals surface area contributed by atoms with Crippen molar-refractivity contribution in [1.29, 1.82) is 0 Å². The molecule has 0 radical (unpaired) electrons. The molecule has 1 saturated carbocycles. The standard InChI is InChI=1S/C15H25/c1-10(2)13-8-6-12(4)14-7-5-11(3)9-15(13)14/h9-10,13-15H,5-8H2,1-4H3/q+1/t13-,14+,15-/m0/s1/i15D. The van der Waals surface area contributed by atoms with Gasteiger partial charge in [-0.2, -0.15) is 0 Å². The monoisotopic (exact) mass is 206 g/mol. The molecule has 0 amide bonds. The van der Waals surface area contributed by atoms with Gasteiger partial charge < -0.3 is 0 Å². The first-order chi connectivity index (χ1) is 7.45. The first-order valence-corrected chi connectivity index (χ1v) is 6.46. The Morgan fingerprint density at radius 2 is 2.20 bits per heavy atom. The minimum atomic E-state index is -0.293. The molecule has 0 aromatic heterocycles. The second-order valence-electron chi connectivity index (χ2n) is 5.82. The van der Waals surface area contributed by atoms with E-state index in [0.717, 1.165) is 0 Å². The van der Waals surface area contributed by atoms with Crippen LogP contribution in [0.2, 0.25) is 0 Å². The van der Waals surface area contributed by atoms with Gasteiger partial charge in [0.25, 0.3) is 0 Å². The number of allylic oxidation sites excluding steroid dienone is 2. The fourth-order valence-corrected chi connectivity index (χ4v) is 3.33. The Morgan fingerprint density at radius 3 is 2.87 bits per heavy atom. The molecular weight excluding hydrogens is 180 g/mol. The number of hydrogen-bond acceptors (Lipinski definition) is 0. The highest BCUT2D eigenvalue weighted by Gasteiger charge is 2.45. The van der Waals surface area contributed by atoms with Gasteiger partial charge in [0.2, 0.25) is 0 Å². The van der Waals surface area contributed by atoms with E-state index in [0.29, 0.717) is 17.8 Å². The van der Waals surface area contributed by atoms with E-state index in [2.05, 4.69) is 33.8 Å². The zero-order valence-corrected chi connectivity index (χ0v) is 10.6. The Kier molecular flexibility index (Phi) is 2.77. The maximum atomic E-state index is 8.93. The molecule has 3 atom stereocenters. The predicted octanol–water partition coefficient (Wildman–Crippen LogP) is 4.62. The van der Waals surface area contributed by atoms with Crippen LogP contribution in [-0.4, -0.2) is 0 Å². The van der Waals surface area contributed by atoms with Crippen LogP contribution >= 0.6 is 0 Å². The van der Waals surface area contributed by atoms with Gasteiger partial charge >= 0.3 is 0 Å². The van der Waals surface area contributed by atoms with Crippen molar-refractivity contribution in [3.63, 3.8) is 0 Å². The van der Waals surface area contributed by atoms with E-state index in [1.54, 1.807) is 5.92 Å². The molecule has 0 saturated heterocycles. The minimum absolute atomic E-state index is 0.293. The average Bonchev–Trinajstić information content (AvgIpc) is 2.15. The smallest absolute Gasteiger partial charge is 0.0777 e. The molecule has 2 rings (SSSR count). The zero-order valence-electron chi connectivity index (χ0n) is 11.6. The molecule has 0 nitrogen and oxygen atoms in total. The summed E-state index contributed by atoms with van der Waals surface area (Å²) in [7, 11) is 0. The lowest BCUT2D eigenvalue weighted by Crippen LogP contribution is -2.35. The Morgan fingerprint density at radius 1 is 1.47 bits per heavy atom. The van der Waals surface area contributed by atoms with Crippen molar-refractivity contribution < 1.29 is 1.37 Å². The van der Waals surface area contributed by atoms with Crippen LogP contribution in [0.25, 0.3) is 0 Å². The lowest BCUT2D eigenvalue weighted by Gasteiger charge is -2.39. The van der Waals surface area contributed by atoms with E-state index in [1.807, 2.05) is 0 Å². The molecule has 0 aliphatic heterocycles. The molecule has 0 aromatic rings. The fourth-order valence-electron chi connectivity index (χ4n) is 3.33. The van der Waals surface area contributed by atoms with Crippen molar-refractivity contribution in [2.75, 3.05) is 0 Å². The van der Waals surface area contributed by atoms with Gasteiger partial charge in [-0.05, 0) is 38.0 Å². The zero-order chi connectivity index (χ0) is 11.9. The van der Waals surface area contributed by atoms with Crippen molar-refractivity contribution >= 4 is 0 Å². The van der Waals surface area contributed by atoms with E-state index < -0.39 is 0 Å². The molecule has 84 valence electrons. The quantitative estimate of drug-likeness (QED) is 0.434. The first-order valence-electron chi connectivity index (χ1n) is 6.96. The number of fused-ring (bicyclic) bond motifs is 1. The molecule has 0 heteroatoms. The molecule has 2 aliphatic carbocycles.